The van der Waals surface area contributed by atoms with E-state index in [-0.39, 0.29) is 16.7 Å². The van der Waals surface area contributed by atoms with Gasteiger partial charge in [-0.3, -0.25) is 10.1 Å². The summed E-state index contributed by atoms with van der Waals surface area (Å²) in [5, 5.41) is 18.7. The maximum Gasteiger partial charge on any atom is 0.301 e. The minimum atomic E-state index is -0.520. The third kappa shape index (κ3) is 3.64. The van der Waals surface area contributed by atoms with Crippen molar-refractivity contribution in [3.05, 3.63) is 80.9 Å². The number of ether oxygens (including phenoxy) is 2. The van der Waals surface area contributed by atoms with Crippen molar-refractivity contribution in [2.24, 2.45) is 0 Å². The summed E-state index contributed by atoms with van der Waals surface area (Å²) in [7, 11) is 0. The van der Waals surface area contributed by atoms with E-state index in [0.29, 0.717) is 11.5 Å². The highest BCUT2D eigenvalue weighted by Gasteiger charge is 2.27. The molecule has 2 heterocycles. The van der Waals surface area contributed by atoms with Crippen LogP contribution in [-0.4, -0.2) is 28.3 Å². The number of anilines is 1. The minimum Gasteiger partial charge on any atom is -0.456 e. The van der Waals surface area contributed by atoms with E-state index in [0.717, 1.165) is 55.0 Å². The van der Waals surface area contributed by atoms with Crippen molar-refractivity contribution in [1.82, 2.24) is 10.3 Å². The zero-order valence-corrected chi connectivity index (χ0v) is 20.0. The summed E-state index contributed by atoms with van der Waals surface area (Å²) in [4.78, 5) is 13.0. The van der Waals surface area contributed by atoms with Gasteiger partial charge < -0.3 is 14.4 Å². The first-order chi connectivity index (χ1) is 17.6. The lowest BCUT2D eigenvalue weighted by Gasteiger charge is -2.30. The first kappa shape index (κ1) is 22.1. The number of allylic oxidation sites excluding steroid dienone is 1. The number of hydrogen-bond donors (Lipinski definition) is 0. The van der Waals surface area contributed by atoms with E-state index >= 15 is 0 Å². The monoisotopic (exact) mass is 484 g/mol. The molecule has 9 heteroatoms. The average molecular weight is 485 g/mol. The van der Waals surface area contributed by atoms with Crippen molar-refractivity contribution in [2.45, 2.75) is 33.1 Å². The standard InChI is InChI=1S/C27H24N4O5/c1-3-30(4-2)19-8-7-17-13-18-6-5-16-14-20(9-10-21(16)27(18)35-24(17)15-19)34-23-12-11-22(31(32)33)25-26(23)29-36-28-25/h7-12,14-15H,3-6,13H2,1-2H3. The second-order valence-electron chi connectivity index (χ2n) is 8.90. The van der Waals surface area contributed by atoms with Crippen LogP contribution in [0.1, 0.15) is 37.0 Å². The van der Waals surface area contributed by atoms with Gasteiger partial charge in [0.1, 0.15) is 17.3 Å². The van der Waals surface area contributed by atoms with Gasteiger partial charge in [0.2, 0.25) is 5.52 Å². The van der Waals surface area contributed by atoms with E-state index < -0.39 is 4.92 Å². The molecule has 0 amide bonds. The highest BCUT2D eigenvalue weighted by molar-refractivity contribution is 5.88. The van der Waals surface area contributed by atoms with E-state index in [1.807, 2.05) is 18.2 Å². The quantitative estimate of drug-likeness (QED) is 0.240. The summed E-state index contributed by atoms with van der Waals surface area (Å²) in [5.41, 5.74) is 5.99. The Bertz CT molecular complexity index is 1540. The Morgan fingerprint density at radius 3 is 2.64 bits per heavy atom. The summed E-state index contributed by atoms with van der Waals surface area (Å²) in [6.45, 7) is 6.20. The third-order valence-corrected chi connectivity index (χ3v) is 6.92. The predicted octanol–water partition coefficient (Wildman–Crippen LogP) is 6.06. The fourth-order valence-electron chi connectivity index (χ4n) is 5.04. The molecule has 0 saturated heterocycles. The molecular weight excluding hydrogens is 460 g/mol. The van der Waals surface area contributed by atoms with Crippen LogP contribution < -0.4 is 14.4 Å². The number of hydrogen-bond acceptors (Lipinski definition) is 8. The molecule has 1 aliphatic carbocycles. The van der Waals surface area contributed by atoms with Crippen molar-refractivity contribution in [3.8, 4) is 17.2 Å². The van der Waals surface area contributed by atoms with Crippen molar-refractivity contribution in [2.75, 3.05) is 18.0 Å². The number of nitro groups is 1. The van der Waals surface area contributed by atoms with Crippen molar-refractivity contribution in [3.63, 3.8) is 0 Å². The molecule has 9 nitrogen and oxygen atoms in total. The van der Waals surface area contributed by atoms with Crippen LogP contribution in [0.2, 0.25) is 0 Å². The number of rotatable bonds is 6. The molecule has 0 fully saturated rings. The van der Waals surface area contributed by atoms with E-state index in [9.17, 15) is 10.1 Å². The lowest BCUT2D eigenvalue weighted by atomic mass is 9.86. The minimum absolute atomic E-state index is 0.0589. The van der Waals surface area contributed by atoms with Crippen LogP contribution in [0.4, 0.5) is 11.4 Å². The molecular formula is C27H24N4O5. The molecule has 1 aliphatic heterocycles. The molecule has 0 saturated carbocycles. The summed E-state index contributed by atoms with van der Waals surface area (Å²) >= 11 is 0. The largest absolute Gasteiger partial charge is 0.456 e. The van der Waals surface area contributed by atoms with Crippen LogP contribution in [0.15, 0.2) is 58.7 Å². The first-order valence-corrected chi connectivity index (χ1v) is 12.0. The van der Waals surface area contributed by atoms with Crippen LogP contribution in [0.25, 0.3) is 16.8 Å². The Morgan fingerprint density at radius 1 is 1.00 bits per heavy atom. The van der Waals surface area contributed by atoms with E-state index in [1.165, 1.54) is 29.0 Å². The summed E-state index contributed by atoms with van der Waals surface area (Å²) in [5.74, 6) is 2.80. The number of non-ortho nitro benzene ring substituents is 1. The lowest BCUT2D eigenvalue weighted by Crippen LogP contribution is -2.22. The highest BCUT2D eigenvalue weighted by Crippen LogP contribution is 2.43. The second kappa shape index (κ2) is 8.67. The molecule has 0 spiro atoms. The molecule has 36 heavy (non-hydrogen) atoms. The van der Waals surface area contributed by atoms with Gasteiger partial charge >= 0.3 is 5.69 Å². The van der Waals surface area contributed by atoms with Gasteiger partial charge in [-0.25, -0.2) is 4.63 Å². The van der Waals surface area contributed by atoms with Crippen LogP contribution in [0.5, 0.6) is 17.2 Å². The fourth-order valence-corrected chi connectivity index (χ4v) is 5.04. The number of fused-ring (bicyclic) bond motifs is 4. The van der Waals surface area contributed by atoms with Gasteiger partial charge in [-0.05, 0) is 84.0 Å². The molecule has 1 aromatic heterocycles. The van der Waals surface area contributed by atoms with E-state index in [1.54, 1.807) is 0 Å². The first-order valence-electron chi connectivity index (χ1n) is 12.0. The smallest absolute Gasteiger partial charge is 0.301 e. The average Bonchev–Trinajstić information content (AvgIpc) is 3.38. The number of aromatic nitrogens is 2. The maximum absolute atomic E-state index is 11.3. The molecule has 0 radical (unpaired) electrons. The van der Waals surface area contributed by atoms with E-state index in [4.69, 9.17) is 14.1 Å². The number of benzene rings is 3. The van der Waals surface area contributed by atoms with Gasteiger partial charge in [-0.1, -0.05) is 6.07 Å². The number of nitro benzene ring substituents is 1. The second-order valence-corrected chi connectivity index (χ2v) is 8.90. The van der Waals surface area contributed by atoms with Gasteiger partial charge in [-0.2, -0.15) is 0 Å². The van der Waals surface area contributed by atoms with Gasteiger partial charge in [0.15, 0.2) is 11.3 Å². The molecule has 2 aliphatic rings. The molecule has 0 N–H and O–H groups in total. The maximum atomic E-state index is 11.3. The van der Waals surface area contributed by atoms with Crippen LogP contribution in [0, 0.1) is 10.1 Å². The Hall–Kier alpha value is -4.40. The molecule has 4 aromatic rings. The fraction of sp³-hybridized carbons (Fsp3) is 0.259. The van der Waals surface area contributed by atoms with Crippen molar-refractivity contribution >= 4 is 28.2 Å². The van der Waals surface area contributed by atoms with Gasteiger partial charge in [0.05, 0.1) is 4.92 Å². The van der Waals surface area contributed by atoms with Crippen LogP contribution in [-0.2, 0) is 12.8 Å². The molecule has 0 atom stereocenters. The summed E-state index contributed by atoms with van der Waals surface area (Å²) in [6.07, 6.45) is 2.68. The zero-order chi connectivity index (χ0) is 24.8. The zero-order valence-electron chi connectivity index (χ0n) is 20.0. The van der Waals surface area contributed by atoms with Crippen molar-refractivity contribution < 1.29 is 19.0 Å². The summed E-state index contributed by atoms with van der Waals surface area (Å²) in [6, 6.07) is 15.2. The van der Waals surface area contributed by atoms with Crippen LogP contribution in [0.3, 0.4) is 0 Å². The Balaban J connectivity index is 1.29. The number of aryl methyl sites for hydroxylation is 1. The normalized spacial score (nSPS) is 14.1. The topological polar surface area (TPSA) is 104 Å². The molecule has 0 bridgehead atoms. The summed E-state index contributed by atoms with van der Waals surface area (Å²) < 4.78 is 17.3. The van der Waals surface area contributed by atoms with Gasteiger partial charge in [0.25, 0.3) is 0 Å². The highest BCUT2D eigenvalue weighted by atomic mass is 16.6. The molecule has 6 rings (SSSR count). The Morgan fingerprint density at radius 2 is 1.83 bits per heavy atom. The molecule has 0 unspecified atom stereocenters. The van der Waals surface area contributed by atoms with Crippen molar-refractivity contribution in [1.29, 1.82) is 0 Å². The SMILES string of the molecule is CCN(CC)c1ccc2c(c1)OC1=C(CCc3cc(Oc4ccc([N+](=O)[O-])c5nonc45)ccc31)C2. The van der Waals surface area contributed by atoms with Gasteiger partial charge in [0, 0.05) is 42.9 Å². The lowest BCUT2D eigenvalue weighted by molar-refractivity contribution is -0.383. The number of nitrogens with zero attached hydrogens (tertiary/aromatic N) is 4. The molecule has 3 aromatic carbocycles. The van der Waals surface area contributed by atoms with E-state index in [2.05, 4.69) is 47.3 Å². The molecule has 182 valence electrons. The Kier molecular flexibility index (Phi) is 5.32. The van der Waals surface area contributed by atoms with Crippen LogP contribution >= 0.6 is 0 Å². The predicted molar refractivity (Wildman–Crippen MR) is 135 cm³/mol. The Labute approximate surface area is 207 Å². The van der Waals surface area contributed by atoms with Gasteiger partial charge in [-0.15, -0.1) is 0 Å². The third-order valence-electron chi connectivity index (χ3n) is 6.92.